The Kier molecular flexibility index (Phi) is 10.3. The molecular weight excluding hydrogens is 362 g/mol. The smallest absolute Gasteiger partial charge is 0.122 e. The van der Waals surface area contributed by atoms with E-state index in [2.05, 4.69) is 13.8 Å². The number of rotatable bonds is 15. The summed E-state index contributed by atoms with van der Waals surface area (Å²) in [4.78, 5) is 0. The first-order valence-electron chi connectivity index (χ1n) is 11.8. The standard InChI is InChI=1S/C25H43NO3/c1-20(2)9-6-4-3-5-7-16-29-23-13-12-22(24(28)17-23)14-15-25(26,19-27)18-21-10-8-11-21/h12-13,17,20-21,27-28H,3-11,14-16,18-19,26H2,1-2H3. The Morgan fingerprint density at radius 3 is 2.48 bits per heavy atom. The molecule has 0 amide bonds. The third kappa shape index (κ3) is 8.96. The fraction of sp³-hybridized carbons (Fsp3) is 0.760. The summed E-state index contributed by atoms with van der Waals surface area (Å²) in [6.45, 7) is 5.26. The molecule has 1 aromatic rings. The molecule has 0 spiro atoms. The molecule has 1 unspecified atom stereocenters. The highest BCUT2D eigenvalue weighted by molar-refractivity contribution is 5.39. The highest BCUT2D eigenvalue weighted by atomic mass is 16.5. The summed E-state index contributed by atoms with van der Waals surface area (Å²) >= 11 is 0. The van der Waals surface area contributed by atoms with E-state index in [9.17, 15) is 10.2 Å². The highest BCUT2D eigenvalue weighted by Gasteiger charge is 2.31. The minimum absolute atomic E-state index is 0.00290. The van der Waals surface area contributed by atoms with E-state index in [0.717, 1.165) is 30.1 Å². The SMILES string of the molecule is CC(C)CCCCCCCOc1ccc(CCC(N)(CO)CC2CCC2)c(O)c1. The van der Waals surface area contributed by atoms with E-state index < -0.39 is 5.54 Å². The maximum absolute atomic E-state index is 10.4. The molecule has 0 aliphatic heterocycles. The summed E-state index contributed by atoms with van der Waals surface area (Å²) in [7, 11) is 0. The van der Waals surface area contributed by atoms with E-state index in [4.69, 9.17) is 10.5 Å². The van der Waals surface area contributed by atoms with Crippen LogP contribution in [0.4, 0.5) is 0 Å². The van der Waals surface area contributed by atoms with Crippen LogP contribution in [0.3, 0.4) is 0 Å². The first-order chi connectivity index (χ1) is 13.9. The molecule has 29 heavy (non-hydrogen) atoms. The van der Waals surface area contributed by atoms with Crippen LogP contribution in [0.5, 0.6) is 11.5 Å². The van der Waals surface area contributed by atoms with Crippen molar-refractivity contribution in [3.8, 4) is 11.5 Å². The highest BCUT2D eigenvalue weighted by Crippen LogP contribution is 2.35. The largest absolute Gasteiger partial charge is 0.508 e. The van der Waals surface area contributed by atoms with Crippen LogP contribution < -0.4 is 10.5 Å². The number of benzene rings is 1. The summed E-state index contributed by atoms with van der Waals surface area (Å²) in [6, 6.07) is 5.57. The van der Waals surface area contributed by atoms with E-state index in [-0.39, 0.29) is 12.4 Å². The van der Waals surface area contributed by atoms with Crippen molar-refractivity contribution in [3.05, 3.63) is 23.8 Å². The molecule has 0 aromatic heterocycles. The van der Waals surface area contributed by atoms with E-state index in [0.29, 0.717) is 25.4 Å². The molecule has 4 nitrogen and oxygen atoms in total. The molecule has 1 saturated carbocycles. The van der Waals surface area contributed by atoms with Crippen LogP contribution >= 0.6 is 0 Å². The lowest BCUT2D eigenvalue weighted by Crippen LogP contribution is -2.46. The average Bonchev–Trinajstić information content (AvgIpc) is 2.66. The predicted octanol–water partition coefficient (Wildman–Crippen LogP) is 5.58. The molecule has 1 aliphatic carbocycles. The number of ether oxygens (including phenoxy) is 1. The van der Waals surface area contributed by atoms with E-state index in [1.54, 1.807) is 6.07 Å². The summed E-state index contributed by atoms with van der Waals surface area (Å²) in [5.41, 5.74) is 6.75. The van der Waals surface area contributed by atoms with Gasteiger partial charge in [0.05, 0.1) is 13.2 Å². The van der Waals surface area contributed by atoms with E-state index >= 15 is 0 Å². The van der Waals surface area contributed by atoms with Crippen molar-refractivity contribution in [2.45, 2.75) is 96.4 Å². The lowest BCUT2D eigenvalue weighted by molar-refractivity contribution is 0.135. The van der Waals surface area contributed by atoms with Crippen molar-refractivity contribution in [3.63, 3.8) is 0 Å². The lowest BCUT2D eigenvalue weighted by atomic mass is 9.75. The van der Waals surface area contributed by atoms with Crippen molar-refractivity contribution in [2.24, 2.45) is 17.6 Å². The van der Waals surface area contributed by atoms with Gasteiger partial charge < -0.3 is 20.7 Å². The van der Waals surface area contributed by atoms with Gasteiger partial charge in [-0.25, -0.2) is 0 Å². The normalized spacial score (nSPS) is 16.6. The first kappa shape index (κ1) is 24.0. The molecule has 2 rings (SSSR count). The number of aromatic hydroxyl groups is 1. The Balaban J connectivity index is 1.67. The zero-order valence-electron chi connectivity index (χ0n) is 18.7. The fourth-order valence-electron chi connectivity index (χ4n) is 4.12. The number of aliphatic hydroxyl groups excluding tert-OH is 1. The zero-order chi connectivity index (χ0) is 21.1. The molecule has 1 aliphatic rings. The Hall–Kier alpha value is -1.26. The van der Waals surface area contributed by atoms with Crippen LogP contribution in [-0.4, -0.2) is 29.0 Å². The van der Waals surface area contributed by atoms with Gasteiger partial charge in [0, 0.05) is 11.6 Å². The summed E-state index contributed by atoms with van der Waals surface area (Å²) in [5.74, 6) is 2.45. The van der Waals surface area contributed by atoms with E-state index in [1.807, 2.05) is 12.1 Å². The fourth-order valence-corrected chi connectivity index (χ4v) is 4.12. The maximum atomic E-state index is 10.4. The minimum atomic E-state index is -0.540. The van der Waals surface area contributed by atoms with Crippen molar-refractivity contribution >= 4 is 0 Å². The number of phenols is 1. The second-order valence-electron chi connectivity index (χ2n) is 9.61. The van der Waals surface area contributed by atoms with Crippen molar-refractivity contribution in [1.82, 2.24) is 0 Å². The number of unbranched alkanes of at least 4 members (excludes halogenated alkanes) is 4. The third-order valence-corrected chi connectivity index (χ3v) is 6.38. The van der Waals surface area contributed by atoms with Gasteiger partial charge >= 0.3 is 0 Å². The molecule has 0 bridgehead atoms. The molecular formula is C25H43NO3. The number of aliphatic hydroxyl groups is 1. The topological polar surface area (TPSA) is 75.7 Å². The Morgan fingerprint density at radius 1 is 1.14 bits per heavy atom. The van der Waals surface area contributed by atoms with Crippen LogP contribution in [0.15, 0.2) is 18.2 Å². The van der Waals surface area contributed by atoms with Gasteiger partial charge in [-0.1, -0.05) is 71.3 Å². The minimum Gasteiger partial charge on any atom is -0.508 e. The third-order valence-electron chi connectivity index (χ3n) is 6.38. The summed E-state index contributed by atoms with van der Waals surface area (Å²) in [5, 5.41) is 20.1. The number of hydrogen-bond donors (Lipinski definition) is 3. The van der Waals surface area contributed by atoms with Crippen LogP contribution in [0, 0.1) is 11.8 Å². The van der Waals surface area contributed by atoms with Gasteiger partial charge in [0.25, 0.3) is 0 Å². The molecule has 1 fully saturated rings. The molecule has 4 N–H and O–H groups in total. The molecule has 4 heteroatoms. The van der Waals surface area contributed by atoms with Crippen molar-refractivity contribution in [2.75, 3.05) is 13.2 Å². The van der Waals surface area contributed by atoms with Crippen LogP contribution in [0.25, 0.3) is 0 Å². The maximum Gasteiger partial charge on any atom is 0.122 e. The molecule has 0 radical (unpaired) electrons. The molecule has 166 valence electrons. The van der Waals surface area contributed by atoms with Gasteiger partial charge in [-0.15, -0.1) is 0 Å². The van der Waals surface area contributed by atoms with Gasteiger partial charge in [-0.05, 0) is 49.1 Å². The first-order valence-corrected chi connectivity index (χ1v) is 11.8. The summed E-state index contributed by atoms with van der Waals surface area (Å²) < 4.78 is 5.80. The quantitative estimate of drug-likeness (QED) is 0.333. The number of aryl methyl sites for hydroxylation is 1. The van der Waals surface area contributed by atoms with Crippen molar-refractivity contribution in [1.29, 1.82) is 0 Å². The molecule has 1 atom stereocenters. The number of nitrogens with two attached hydrogens (primary N) is 1. The Morgan fingerprint density at radius 2 is 1.86 bits per heavy atom. The number of phenolic OH excluding ortho intramolecular Hbond substituents is 1. The van der Waals surface area contributed by atoms with Crippen molar-refractivity contribution < 1.29 is 14.9 Å². The van der Waals surface area contributed by atoms with E-state index in [1.165, 1.54) is 51.4 Å². The van der Waals surface area contributed by atoms with Gasteiger partial charge in [0.2, 0.25) is 0 Å². The second-order valence-corrected chi connectivity index (χ2v) is 9.61. The Labute approximate surface area is 177 Å². The van der Waals surface area contributed by atoms with Crippen LogP contribution in [0.1, 0.15) is 90.0 Å². The van der Waals surface area contributed by atoms with Crippen LogP contribution in [-0.2, 0) is 6.42 Å². The predicted molar refractivity (Wildman–Crippen MR) is 120 cm³/mol. The molecule has 1 aromatic carbocycles. The zero-order valence-corrected chi connectivity index (χ0v) is 18.7. The molecule has 0 saturated heterocycles. The number of hydrogen-bond acceptors (Lipinski definition) is 4. The monoisotopic (exact) mass is 405 g/mol. The second kappa shape index (κ2) is 12.4. The summed E-state index contributed by atoms with van der Waals surface area (Å²) in [6.07, 6.45) is 13.5. The molecule has 0 heterocycles. The lowest BCUT2D eigenvalue weighted by Gasteiger charge is -2.35. The van der Waals surface area contributed by atoms with Gasteiger partial charge in [-0.3, -0.25) is 0 Å². The average molecular weight is 406 g/mol. The van der Waals surface area contributed by atoms with Gasteiger partial charge in [-0.2, -0.15) is 0 Å². The van der Waals surface area contributed by atoms with Crippen LogP contribution in [0.2, 0.25) is 0 Å². The van der Waals surface area contributed by atoms with Gasteiger partial charge in [0.15, 0.2) is 0 Å². The van der Waals surface area contributed by atoms with Gasteiger partial charge in [0.1, 0.15) is 11.5 Å². The Bertz CT molecular complexity index is 585.